The van der Waals surface area contributed by atoms with Crippen LogP contribution in [0.3, 0.4) is 0 Å². The number of nitrogens with zero attached hydrogens (tertiary/aromatic N) is 6. The Morgan fingerprint density at radius 3 is 1.47 bits per heavy atom. The molecule has 2 aliphatic carbocycles. The number of hydrazine groups is 2. The van der Waals surface area contributed by atoms with Crippen molar-refractivity contribution in [2.24, 2.45) is 0 Å². The summed E-state index contributed by atoms with van der Waals surface area (Å²) < 4.78 is 34.4. The van der Waals surface area contributed by atoms with Gasteiger partial charge in [-0.15, -0.1) is 8.83 Å². The van der Waals surface area contributed by atoms with Crippen LogP contribution in [0, 0.1) is 13.8 Å². The third kappa shape index (κ3) is 5.61. The third-order valence-electron chi connectivity index (χ3n) is 12.7. The monoisotopic (exact) mass is 714 g/mol. The van der Waals surface area contributed by atoms with E-state index in [1.807, 2.05) is 38.2 Å². The molecule has 2 N–H and O–H groups in total. The summed E-state index contributed by atoms with van der Waals surface area (Å²) in [7, 11) is 3.67. The molecule has 2 aromatic heterocycles. The number of rotatable bonds is 10. The maximum atomic E-state index is 15.5. The van der Waals surface area contributed by atoms with Crippen molar-refractivity contribution in [2.45, 2.75) is 102 Å². The van der Waals surface area contributed by atoms with Gasteiger partial charge in [0.15, 0.2) is 0 Å². The van der Waals surface area contributed by atoms with Crippen molar-refractivity contribution in [2.75, 3.05) is 54.4 Å². The molecular formula is C40H58N8O2S. The number of H-pyrrole nitrogens is 2. The molecule has 2 saturated heterocycles. The van der Waals surface area contributed by atoms with Gasteiger partial charge in [-0.25, -0.2) is 10.0 Å². The van der Waals surface area contributed by atoms with Gasteiger partial charge in [-0.05, 0) is 99.8 Å². The van der Waals surface area contributed by atoms with Gasteiger partial charge < -0.3 is 9.97 Å². The summed E-state index contributed by atoms with van der Waals surface area (Å²) in [6.45, 7) is 12.2. The standard InChI is InChI=1S/C40H58N8O2S/c1-9-17-45-23-27(19-33-29-13-11-15-35-39(29)31(21-37(33)45)25(3)41-35)47(43(5)6)51(49,50)48(44(7)8)28-20-34-30-14-12-16-36-40(30)32(26(4)42-36)22-38(34)46(24-28)18-10-2/h11-16,27-28,33-34,37-38,41-42H,9-10,17-24H2,1-8H3/t27-,28-,33+,34+,37+,38+/m0/s1. The molecule has 2 fully saturated rings. The summed E-state index contributed by atoms with van der Waals surface area (Å²) in [5.41, 5.74) is 10.5. The Morgan fingerprint density at radius 2 is 1.10 bits per heavy atom. The lowest BCUT2D eigenvalue weighted by molar-refractivity contribution is -0.0315. The van der Waals surface area contributed by atoms with Crippen molar-refractivity contribution in [3.8, 4) is 0 Å². The van der Waals surface area contributed by atoms with Crippen LogP contribution in [-0.4, -0.2) is 126 Å². The average Bonchev–Trinajstić information content (AvgIpc) is 3.57. The largest absolute Gasteiger partial charge is 0.358 e. The first-order chi connectivity index (χ1) is 24.4. The molecule has 0 spiro atoms. The molecule has 0 amide bonds. The highest BCUT2D eigenvalue weighted by Crippen LogP contribution is 2.48. The van der Waals surface area contributed by atoms with E-state index in [1.54, 1.807) is 8.83 Å². The minimum Gasteiger partial charge on any atom is -0.358 e. The minimum atomic E-state index is -3.98. The molecule has 10 nitrogen and oxygen atoms in total. The topological polar surface area (TPSA) is 85.2 Å². The second-order valence-corrected chi connectivity index (χ2v) is 17.9. The zero-order chi connectivity index (χ0) is 35.9. The second-order valence-electron chi connectivity index (χ2n) is 16.3. The number of aryl methyl sites for hydroxylation is 2. The van der Waals surface area contributed by atoms with Crippen LogP contribution in [0.15, 0.2) is 36.4 Å². The highest BCUT2D eigenvalue weighted by atomic mass is 32.2. The number of hydrogen-bond acceptors (Lipinski definition) is 6. The highest BCUT2D eigenvalue weighted by Gasteiger charge is 2.51. The summed E-state index contributed by atoms with van der Waals surface area (Å²) in [4.78, 5) is 12.5. The summed E-state index contributed by atoms with van der Waals surface area (Å²) in [6, 6.07) is 13.6. The normalized spacial score (nSPS) is 27.0. The highest BCUT2D eigenvalue weighted by molar-refractivity contribution is 7.86. The van der Waals surface area contributed by atoms with Gasteiger partial charge in [0.25, 0.3) is 0 Å². The Hall–Kier alpha value is -2.77. The van der Waals surface area contributed by atoms with Gasteiger partial charge >= 0.3 is 10.2 Å². The predicted octanol–water partition coefficient (Wildman–Crippen LogP) is 5.75. The van der Waals surface area contributed by atoms with E-state index in [9.17, 15) is 0 Å². The molecule has 276 valence electrons. The van der Waals surface area contributed by atoms with Gasteiger partial charge in [0, 0.05) is 98.4 Å². The van der Waals surface area contributed by atoms with E-state index >= 15 is 8.42 Å². The van der Waals surface area contributed by atoms with E-state index < -0.39 is 10.2 Å². The summed E-state index contributed by atoms with van der Waals surface area (Å²) in [5.74, 6) is 0.508. The first-order valence-electron chi connectivity index (χ1n) is 19.3. The van der Waals surface area contributed by atoms with Crippen molar-refractivity contribution in [1.29, 1.82) is 0 Å². The lowest BCUT2D eigenvalue weighted by Crippen LogP contribution is -2.66. The fourth-order valence-electron chi connectivity index (χ4n) is 11.0. The van der Waals surface area contributed by atoms with Gasteiger partial charge in [-0.1, -0.05) is 38.1 Å². The maximum Gasteiger partial charge on any atom is 0.308 e. The van der Waals surface area contributed by atoms with Crippen LogP contribution in [-0.2, 0) is 23.1 Å². The number of nitrogens with one attached hydrogen (secondary N) is 2. The Bertz CT molecular complexity index is 1900. The van der Waals surface area contributed by atoms with E-state index in [2.05, 4.69) is 83.9 Å². The van der Waals surface area contributed by atoms with Crippen LogP contribution < -0.4 is 0 Å². The van der Waals surface area contributed by atoms with Gasteiger partial charge in [-0.3, -0.25) is 9.80 Å². The molecule has 51 heavy (non-hydrogen) atoms. The molecule has 2 aromatic carbocycles. The molecule has 11 heteroatoms. The van der Waals surface area contributed by atoms with Crippen molar-refractivity contribution in [1.82, 2.24) is 38.6 Å². The molecule has 0 radical (unpaired) electrons. The van der Waals surface area contributed by atoms with Gasteiger partial charge in [0.2, 0.25) is 0 Å². The Kier molecular flexibility index (Phi) is 9.17. The zero-order valence-electron chi connectivity index (χ0n) is 31.9. The van der Waals surface area contributed by atoms with Crippen molar-refractivity contribution < 1.29 is 8.42 Å². The molecule has 0 saturated carbocycles. The lowest BCUT2D eigenvalue weighted by atomic mass is 9.73. The number of piperidine rings is 2. The molecule has 4 aliphatic rings. The Balaban J connectivity index is 1.16. The molecular weight excluding hydrogens is 657 g/mol. The van der Waals surface area contributed by atoms with Gasteiger partial charge in [-0.2, -0.15) is 8.42 Å². The Labute approximate surface area is 304 Å². The summed E-state index contributed by atoms with van der Waals surface area (Å²) in [6.07, 6.45) is 5.66. The SMILES string of the molecule is CCCN1C[C@@H](N(N(C)C)S(=O)(=O)N([C@H]2C[C@@H]3c4cccc5[nH]c(C)c(c45)C[C@H]3N(CCC)C2)N(C)C)C[C@@H]2c3cccc4[nH]c(C)c(c34)C[C@H]21. The quantitative estimate of drug-likeness (QED) is 0.204. The molecule has 8 rings (SSSR count). The number of fused-ring (bicyclic) bond motifs is 4. The fraction of sp³-hybridized carbons (Fsp3) is 0.600. The fourth-order valence-corrected chi connectivity index (χ4v) is 13.1. The van der Waals surface area contributed by atoms with Crippen molar-refractivity contribution >= 4 is 32.0 Å². The van der Waals surface area contributed by atoms with Crippen LogP contribution >= 0.6 is 0 Å². The summed E-state index contributed by atoms with van der Waals surface area (Å²) >= 11 is 0. The van der Waals surface area contributed by atoms with E-state index in [0.29, 0.717) is 12.1 Å². The molecule has 0 unspecified atom stereocenters. The summed E-state index contributed by atoms with van der Waals surface area (Å²) in [5, 5.41) is 6.42. The predicted molar refractivity (Wildman–Crippen MR) is 207 cm³/mol. The molecule has 2 aliphatic heterocycles. The minimum absolute atomic E-state index is 0.200. The van der Waals surface area contributed by atoms with Crippen LogP contribution in [0.1, 0.15) is 85.0 Å². The first kappa shape index (κ1) is 35.3. The number of benzene rings is 2. The maximum absolute atomic E-state index is 15.5. The smallest absolute Gasteiger partial charge is 0.308 e. The lowest BCUT2D eigenvalue weighted by Gasteiger charge is -2.53. The van der Waals surface area contributed by atoms with E-state index in [-0.39, 0.29) is 23.9 Å². The number of hydrogen-bond donors (Lipinski definition) is 2. The van der Waals surface area contributed by atoms with Crippen LogP contribution in [0.25, 0.3) is 21.8 Å². The molecule has 6 atom stereocenters. The van der Waals surface area contributed by atoms with Gasteiger partial charge in [0.05, 0.1) is 12.1 Å². The molecule has 4 heterocycles. The van der Waals surface area contributed by atoms with Crippen molar-refractivity contribution in [3.05, 3.63) is 70.0 Å². The van der Waals surface area contributed by atoms with Crippen molar-refractivity contribution in [3.63, 3.8) is 0 Å². The van der Waals surface area contributed by atoms with Crippen LogP contribution in [0.4, 0.5) is 0 Å². The van der Waals surface area contributed by atoms with Crippen LogP contribution in [0.5, 0.6) is 0 Å². The molecule has 0 bridgehead atoms. The third-order valence-corrected chi connectivity index (χ3v) is 14.9. The van der Waals surface area contributed by atoms with Crippen LogP contribution in [0.2, 0.25) is 0 Å². The Morgan fingerprint density at radius 1 is 0.686 bits per heavy atom. The first-order valence-corrected chi connectivity index (χ1v) is 20.7. The van der Waals surface area contributed by atoms with E-state index in [0.717, 1.165) is 64.7 Å². The number of aromatic nitrogens is 2. The average molecular weight is 715 g/mol. The van der Waals surface area contributed by atoms with Gasteiger partial charge in [0.1, 0.15) is 0 Å². The van der Waals surface area contributed by atoms with E-state index in [4.69, 9.17) is 0 Å². The number of likely N-dealkylation sites (tertiary alicyclic amines) is 2. The number of aromatic amines is 2. The molecule has 4 aromatic rings. The zero-order valence-corrected chi connectivity index (χ0v) is 32.7. The van der Waals surface area contributed by atoms with E-state index in [1.165, 1.54) is 55.4 Å². The second kappa shape index (κ2) is 13.3.